The Morgan fingerprint density at radius 1 is 1.12 bits per heavy atom. The van der Waals surface area contributed by atoms with Gasteiger partial charge in [-0.25, -0.2) is 0 Å². The van der Waals surface area contributed by atoms with Gasteiger partial charge in [-0.2, -0.15) is 20.4 Å². The van der Waals surface area contributed by atoms with E-state index in [9.17, 15) is 0 Å². The van der Waals surface area contributed by atoms with Gasteiger partial charge in [-0.1, -0.05) is 17.7 Å². The second kappa shape index (κ2) is 6.37. The van der Waals surface area contributed by atoms with Crippen molar-refractivity contribution in [2.75, 3.05) is 5.43 Å². The lowest BCUT2D eigenvalue weighted by molar-refractivity contribution is 0.765. The summed E-state index contributed by atoms with van der Waals surface area (Å²) in [5.41, 5.74) is 6.06. The van der Waals surface area contributed by atoms with Gasteiger partial charge in [0.15, 0.2) is 0 Å². The van der Waals surface area contributed by atoms with Gasteiger partial charge in [0.2, 0.25) is 5.71 Å². The lowest BCUT2D eigenvalue weighted by Crippen LogP contribution is -1.98. The number of hydrazone groups is 1. The van der Waals surface area contributed by atoms with E-state index in [1.54, 1.807) is 36.4 Å². The van der Waals surface area contributed by atoms with E-state index in [4.69, 9.17) is 22.1 Å². The highest BCUT2D eigenvalue weighted by Gasteiger charge is 2.07. The number of anilines is 1. The summed E-state index contributed by atoms with van der Waals surface area (Å²) in [7, 11) is 0. The maximum absolute atomic E-state index is 8.67. The van der Waals surface area contributed by atoms with Crippen molar-refractivity contribution in [1.82, 2.24) is 15.0 Å². The summed E-state index contributed by atoms with van der Waals surface area (Å²) in [5, 5.41) is 30.5. The fraction of sp³-hybridized carbons (Fsp3) is 0.0625. The number of rotatable bonds is 3. The Labute approximate surface area is 142 Å². The molecule has 1 aromatic heterocycles. The number of hydrogen-bond acceptors (Lipinski definition) is 6. The number of hydrogen-bond donors (Lipinski definition) is 1. The van der Waals surface area contributed by atoms with E-state index in [0.29, 0.717) is 21.7 Å². The molecule has 0 saturated carbocycles. The van der Waals surface area contributed by atoms with Gasteiger partial charge in [0, 0.05) is 5.02 Å². The van der Waals surface area contributed by atoms with Gasteiger partial charge in [0.1, 0.15) is 23.2 Å². The SMILES string of the molecule is Cc1ccc(-n2nc3ccc(NN=C(C#N)C#N)cc3n2)cc1Cl. The summed E-state index contributed by atoms with van der Waals surface area (Å²) in [6.07, 6.45) is 0. The maximum Gasteiger partial charge on any atom is 0.237 e. The molecule has 0 bridgehead atoms. The Morgan fingerprint density at radius 3 is 2.58 bits per heavy atom. The maximum atomic E-state index is 8.67. The van der Waals surface area contributed by atoms with Gasteiger partial charge in [-0.3, -0.25) is 5.43 Å². The number of fused-ring (bicyclic) bond motifs is 1. The van der Waals surface area contributed by atoms with Crippen LogP contribution in [0.3, 0.4) is 0 Å². The summed E-state index contributed by atoms with van der Waals surface area (Å²) in [5.74, 6) is 0. The zero-order valence-electron chi connectivity index (χ0n) is 12.5. The Bertz CT molecular complexity index is 1020. The molecule has 0 atom stereocenters. The number of halogens is 1. The molecule has 0 saturated heterocycles. The predicted molar refractivity (Wildman–Crippen MR) is 90.9 cm³/mol. The Morgan fingerprint density at radius 2 is 1.88 bits per heavy atom. The fourth-order valence-corrected chi connectivity index (χ4v) is 2.18. The minimum atomic E-state index is -0.256. The van der Waals surface area contributed by atoms with Crippen LogP contribution in [0.1, 0.15) is 5.56 Å². The summed E-state index contributed by atoms with van der Waals surface area (Å²) in [6.45, 7) is 1.92. The number of nitriles is 2. The third kappa shape index (κ3) is 3.02. The van der Waals surface area contributed by atoms with Crippen molar-refractivity contribution in [1.29, 1.82) is 10.5 Å². The van der Waals surface area contributed by atoms with Crippen LogP contribution < -0.4 is 5.43 Å². The summed E-state index contributed by atoms with van der Waals surface area (Å²) < 4.78 is 0. The number of aryl methyl sites for hydroxylation is 1. The molecule has 0 unspecified atom stereocenters. The first-order chi connectivity index (χ1) is 11.6. The van der Waals surface area contributed by atoms with E-state index in [1.807, 2.05) is 19.1 Å². The third-order valence-electron chi connectivity index (χ3n) is 3.28. The molecular weight excluding hydrogens is 326 g/mol. The van der Waals surface area contributed by atoms with Crippen LogP contribution in [0.25, 0.3) is 16.7 Å². The van der Waals surface area contributed by atoms with Crippen LogP contribution in [0.5, 0.6) is 0 Å². The Kier molecular flexibility index (Phi) is 4.11. The predicted octanol–water partition coefficient (Wildman–Crippen LogP) is 3.20. The van der Waals surface area contributed by atoms with Crippen LogP contribution in [0.2, 0.25) is 5.02 Å². The lowest BCUT2D eigenvalue weighted by atomic mass is 10.2. The zero-order valence-corrected chi connectivity index (χ0v) is 13.3. The third-order valence-corrected chi connectivity index (χ3v) is 3.68. The monoisotopic (exact) mass is 335 g/mol. The van der Waals surface area contributed by atoms with Crippen LogP contribution >= 0.6 is 11.6 Å². The van der Waals surface area contributed by atoms with E-state index in [1.165, 1.54) is 4.80 Å². The van der Waals surface area contributed by atoms with Gasteiger partial charge in [0.25, 0.3) is 0 Å². The molecule has 0 amide bonds. The molecule has 2 aromatic carbocycles. The standard InChI is InChI=1S/C16H10ClN7/c1-10-2-4-13(7-14(10)17)24-22-15-5-3-11(6-16(15)23-24)20-21-12(8-18)9-19/h2-7,20H,1H3. The first-order valence-corrected chi connectivity index (χ1v) is 7.26. The first-order valence-electron chi connectivity index (χ1n) is 6.88. The Balaban J connectivity index is 1.95. The molecule has 0 aliphatic rings. The molecule has 0 fully saturated rings. The van der Waals surface area contributed by atoms with Crippen LogP contribution in [0.15, 0.2) is 41.5 Å². The topological polar surface area (TPSA) is 103 Å². The van der Waals surface area contributed by atoms with Crippen molar-refractivity contribution in [3.63, 3.8) is 0 Å². The zero-order chi connectivity index (χ0) is 17.1. The molecule has 3 rings (SSSR count). The van der Waals surface area contributed by atoms with E-state index in [0.717, 1.165) is 11.3 Å². The number of benzene rings is 2. The van der Waals surface area contributed by atoms with Crippen molar-refractivity contribution in [3.05, 3.63) is 47.0 Å². The van der Waals surface area contributed by atoms with Crippen molar-refractivity contribution < 1.29 is 0 Å². The fourth-order valence-electron chi connectivity index (χ4n) is 2.00. The minimum absolute atomic E-state index is 0.256. The second-order valence-corrected chi connectivity index (χ2v) is 5.33. The van der Waals surface area contributed by atoms with Crippen LogP contribution in [-0.4, -0.2) is 20.7 Å². The molecule has 0 aliphatic heterocycles. The van der Waals surface area contributed by atoms with Crippen LogP contribution in [0, 0.1) is 29.6 Å². The summed E-state index contributed by atoms with van der Waals surface area (Å²) in [4.78, 5) is 1.50. The highest BCUT2D eigenvalue weighted by atomic mass is 35.5. The van der Waals surface area contributed by atoms with Gasteiger partial charge in [0.05, 0.1) is 11.4 Å². The smallest absolute Gasteiger partial charge is 0.237 e. The number of aromatic nitrogens is 3. The number of nitrogens with one attached hydrogen (secondary N) is 1. The highest BCUT2D eigenvalue weighted by molar-refractivity contribution is 6.31. The van der Waals surface area contributed by atoms with Gasteiger partial charge in [-0.05, 0) is 42.8 Å². The quantitative estimate of drug-likeness (QED) is 0.584. The van der Waals surface area contributed by atoms with Crippen LogP contribution in [-0.2, 0) is 0 Å². The van der Waals surface area contributed by atoms with E-state index < -0.39 is 0 Å². The second-order valence-electron chi connectivity index (χ2n) is 4.92. The average molecular weight is 336 g/mol. The normalized spacial score (nSPS) is 10.0. The summed E-state index contributed by atoms with van der Waals surface area (Å²) in [6, 6.07) is 14.2. The van der Waals surface area contributed by atoms with Crippen molar-refractivity contribution >= 4 is 34.0 Å². The molecule has 8 heteroatoms. The molecule has 7 nitrogen and oxygen atoms in total. The molecule has 3 aromatic rings. The lowest BCUT2D eigenvalue weighted by Gasteiger charge is -2.01. The highest BCUT2D eigenvalue weighted by Crippen LogP contribution is 2.21. The van der Waals surface area contributed by atoms with E-state index >= 15 is 0 Å². The van der Waals surface area contributed by atoms with Gasteiger partial charge < -0.3 is 0 Å². The molecule has 0 aliphatic carbocycles. The molecule has 24 heavy (non-hydrogen) atoms. The number of nitrogens with zero attached hydrogens (tertiary/aromatic N) is 6. The molecule has 0 spiro atoms. The molecule has 1 heterocycles. The largest absolute Gasteiger partial charge is 0.276 e. The van der Waals surface area contributed by atoms with E-state index in [2.05, 4.69) is 20.7 Å². The molecular formula is C16H10ClN7. The molecule has 1 N–H and O–H groups in total. The van der Waals surface area contributed by atoms with Crippen molar-refractivity contribution in [2.24, 2.45) is 5.10 Å². The minimum Gasteiger partial charge on any atom is -0.276 e. The van der Waals surface area contributed by atoms with Gasteiger partial charge in [-0.15, -0.1) is 10.2 Å². The van der Waals surface area contributed by atoms with Gasteiger partial charge >= 0.3 is 0 Å². The van der Waals surface area contributed by atoms with E-state index in [-0.39, 0.29) is 5.71 Å². The first kappa shape index (κ1) is 15.5. The van der Waals surface area contributed by atoms with Crippen LogP contribution in [0.4, 0.5) is 5.69 Å². The average Bonchev–Trinajstić information content (AvgIpc) is 3.01. The molecule has 116 valence electrons. The van der Waals surface area contributed by atoms with Crippen molar-refractivity contribution in [2.45, 2.75) is 6.92 Å². The molecule has 0 radical (unpaired) electrons. The summed E-state index contributed by atoms with van der Waals surface area (Å²) >= 11 is 6.14. The Hall–Kier alpha value is -3.42. The van der Waals surface area contributed by atoms with Crippen molar-refractivity contribution in [3.8, 4) is 17.8 Å².